The average molecular weight is 337 g/mol. The van der Waals surface area contributed by atoms with Gasteiger partial charge in [-0.1, -0.05) is 0 Å². The predicted octanol–water partition coefficient (Wildman–Crippen LogP) is 1.63. The summed E-state index contributed by atoms with van der Waals surface area (Å²) in [7, 11) is 0. The number of carboxylic acids is 1. The van der Waals surface area contributed by atoms with Crippen molar-refractivity contribution >= 4 is 34.5 Å². The Morgan fingerprint density at radius 3 is 2.75 bits per heavy atom. The van der Waals surface area contributed by atoms with E-state index in [1.807, 2.05) is 22.6 Å². The van der Waals surface area contributed by atoms with Crippen LogP contribution in [-0.2, 0) is 4.79 Å². The standard InChI is InChI=1S/C10H9FINO3/c11-6-1-2-8(12)7(5-6)10(16)13-4-3-9(14)15/h1-2,5H,3-4H2,(H,13,16)(H,14,15). The number of rotatable bonds is 4. The van der Waals surface area contributed by atoms with Gasteiger partial charge in [-0.05, 0) is 40.8 Å². The van der Waals surface area contributed by atoms with Crippen LogP contribution in [0.15, 0.2) is 18.2 Å². The maximum absolute atomic E-state index is 12.9. The third-order valence-corrected chi connectivity index (χ3v) is 2.74. The number of halogens is 2. The summed E-state index contributed by atoms with van der Waals surface area (Å²) < 4.78 is 13.5. The van der Waals surface area contributed by atoms with Crippen molar-refractivity contribution in [2.75, 3.05) is 6.54 Å². The van der Waals surface area contributed by atoms with E-state index in [2.05, 4.69) is 5.32 Å². The zero-order valence-electron chi connectivity index (χ0n) is 8.17. The van der Waals surface area contributed by atoms with E-state index in [0.29, 0.717) is 3.57 Å². The van der Waals surface area contributed by atoms with Crippen LogP contribution in [0.5, 0.6) is 0 Å². The van der Waals surface area contributed by atoms with Gasteiger partial charge in [0.05, 0.1) is 12.0 Å². The Hall–Kier alpha value is -1.18. The van der Waals surface area contributed by atoms with E-state index in [1.54, 1.807) is 0 Å². The summed E-state index contributed by atoms with van der Waals surface area (Å²) in [5, 5.41) is 10.8. The van der Waals surface area contributed by atoms with E-state index in [1.165, 1.54) is 12.1 Å². The lowest BCUT2D eigenvalue weighted by molar-refractivity contribution is -0.136. The Bertz CT molecular complexity index is 423. The molecule has 0 heterocycles. The van der Waals surface area contributed by atoms with Crippen LogP contribution in [0.25, 0.3) is 0 Å². The van der Waals surface area contributed by atoms with Crippen LogP contribution in [0.1, 0.15) is 16.8 Å². The summed E-state index contributed by atoms with van der Waals surface area (Å²) in [6, 6.07) is 3.87. The van der Waals surface area contributed by atoms with Gasteiger partial charge >= 0.3 is 5.97 Å². The first-order chi connectivity index (χ1) is 7.50. The molecule has 0 bridgehead atoms. The molecular formula is C10H9FINO3. The van der Waals surface area contributed by atoms with Gasteiger partial charge in [-0.2, -0.15) is 0 Å². The number of nitrogens with one attached hydrogen (secondary N) is 1. The monoisotopic (exact) mass is 337 g/mol. The van der Waals surface area contributed by atoms with E-state index >= 15 is 0 Å². The summed E-state index contributed by atoms with van der Waals surface area (Å²) in [6.45, 7) is 0.0285. The van der Waals surface area contributed by atoms with Gasteiger partial charge in [0.2, 0.25) is 0 Å². The lowest BCUT2D eigenvalue weighted by Crippen LogP contribution is -2.26. The second-order valence-electron chi connectivity index (χ2n) is 3.02. The smallest absolute Gasteiger partial charge is 0.305 e. The van der Waals surface area contributed by atoms with Crippen molar-refractivity contribution in [2.24, 2.45) is 0 Å². The van der Waals surface area contributed by atoms with E-state index < -0.39 is 17.7 Å². The minimum atomic E-state index is -0.991. The molecule has 6 heteroatoms. The number of benzene rings is 1. The van der Waals surface area contributed by atoms with Crippen LogP contribution in [0, 0.1) is 9.39 Å². The van der Waals surface area contributed by atoms with Gasteiger partial charge in [0.15, 0.2) is 0 Å². The quantitative estimate of drug-likeness (QED) is 0.821. The summed E-state index contributed by atoms with van der Waals surface area (Å²) in [4.78, 5) is 21.7. The van der Waals surface area contributed by atoms with Crippen molar-refractivity contribution in [3.8, 4) is 0 Å². The van der Waals surface area contributed by atoms with E-state index in [-0.39, 0.29) is 18.5 Å². The van der Waals surface area contributed by atoms with E-state index in [4.69, 9.17) is 5.11 Å². The molecule has 4 nitrogen and oxygen atoms in total. The number of hydrogen-bond donors (Lipinski definition) is 2. The van der Waals surface area contributed by atoms with Crippen molar-refractivity contribution in [3.05, 3.63) is 33.1 Å². The predicted molar refractivity (Wildman–Crippen MR) is 63.7 cm³/mol. The molecule has 0 aromatic heterocycles. The van der Waals surface area contributed by atoms with Gasteiger partial charge in [-0.15, -0.1) is 0 Å². The topological polar surface area (TPSA) is 66.4 Å². The maximum atomic E-state index is 12.9. The number of carbonyl (C=O) groups excluding carboxylic acids is 1. The van der Waals surface area contributed by atoms with Crippen molar-refractivity contribution in [3.63, 3.8) is 0 Å². The summed E-state index contributed by atoms with van der Waals surface area (Å²) in [6.07, 6.45) is -0.155. The molecule has 0 radical (unpaired) electrons. The highest BCUT2D eigenvalue weighted by molar-refractivity contribution is 14.1. The highest BCUT2D eigenvalue weighted by Crippen LogP contribution is 2.13. The zero-order valence-corrected chi connectivity index (χ0v) is 10.3. The highest BCUT2D eigenvalue weighted by atomic mass is 127. The molecule has 2 N–H and O–H groups in total. The molecular weight excluding hydrogens is 328 g/mol. The normalized spacial score (nSPS) is 9.88. The minimum Gasteiger partial charge on any atom is -0.481 e. The van der Waals surface area contributed by atoms with Crippen LogP contribution in [0.4, 0.5) is 4.39 Å². The fourth-order valence-corrected chi connectivity index (χ4v) is 1.63. The fourth-order valence-electron chi connectivity index (χ4n) is 1.05. The van der Waals surface area contributed by atoms with Crippen LogP contribution in [0.3, 0.4) is 0 Å². The third-order valence-electron chi connectivity index (χ3n) is 1.80. The van der Waals surface area contributed by atoms with Crippen molar-refractivity contribution in [1.82, 2.24) is 5.32 Å². The van der Waals surface area contributed by atoms with Crippen molar-refractivity contribution < 1.29 is 19.1 Å². The molecule has 0 aliphatic carbocycles. The summed E-state index contributed by atoms with van der Waals surface area (Å²) >= 11 is 1.91. The lowest BCUT2D eigenvalue weighted by atomic mass is 10.2. The number of carbonyl (C=O) groups is 2. The fraction of sp³-hybridized carbons (Fsp3) is 0.200. The van der Waals surface area contributed by atoms with Crippen LogP contribution in [-0.4, -0.2) is 23.5 Å². The first-order valence-electron chi connectivity index (χ1n) is 4.45. The second kappa shape index (κ2) is 5.78. The molecule has 86 valence electrons. The molecule has 1 aromatic carbocycles. The molecule has 1 rings (SSSR count). The van der Waals surface area contributed by atoms with Gasteiger partial charge in [0.1, 0.15) is 5.82 Å². The number of carboxylic acid groups (broad SMARTS) is 1. The molecule has 0 saturated carbocycles. The summed E-state index contributed by atoms with van der Waals surface area (Å²) in [5.41, 5.74) is 0.214. The molecule has 0 unspecified atom stereocenters. The molecule has 0 aliphatic rings. The van der Waals surface area contributed by atoms with Gasteiger partial charge < -0.3 is 10.4 Å². The number of aliphatic carboxylic acids is 1. The molecule has 0 saturated heterocycles. The molecule has 0 fully saturated rings. The van der Waals surface area contributed by atoms with Crippen LogP contribution >= 0.6 is 22.6 Å². The van der Waals surface area contributed by atoms with Crippen molar-refractivity contribution in [2.45, 2.75) is 6.42 Å². The first-order valence-corrected chi connectivity index (χ1v) is 5.53. The zero-order chi connectivity index (χ0) is 12.1. The van der Waals surface area contributed by atoms with Gasteiger partial charge in [0.25, 0.3) is 5.91 Å². The highest BCUT2D eigenvalue weighted by Gasteiger charge is 2.10. The molecule has 0 aliphatic heterocycles. The van der Waals surface area contributed by atoms with Crippen LogP contribution in [0.2, 0.25) is 0 Å². The van der Waals surface area contributed by atoms with Gasteiger partial charge in [0, 0.05) is 10.1 Å². The molecule has 1 amide bonds. The lowest BCUT2D eigenvalue weighted by Gasteiger charge is -2.05. The Morgan fingerprint density at radius 2 is 2.12 bits per heavy atom. The maximum Gasteiger partial charge on any atom is 0.305 e. The second-order valence-corrected chi connectivity index (χ2v) is 4.19. The Balaban J connectivity index is 2.65. The molecule has 16 heavy (non-hydrogen) atoms. The third kappa shape index (κ3) is 3.76. The summed E-state index contributed by atoms with van der Waals surface area (Å²) in [5.74, 6) is -1.96. The largest absolute Gasteiger partial charge is 0.481 e. The molecule has 1 aromatic rings. The molecule has 0 spiro atoms. The molecule has 0 atom stereocenters. The Labute approximate surface area is 105 Å². The van der Waals surface area contributed by atoms with Crippen molar-refractivity contribution in [1.29, 1.82) is 0 Å². The van der Waals surface area contributed by atoms with Gasteiger partial charge in [-0.25, -0.2) is 4.39 Å². The number of amides is 1. The van der Waals surface area contributed by atoms with E-state index in [9.17, 15) is 14.0 Å². The average Bonchev–Trinajstić information content (AvgIpc) is 2.21. The Kier molecular flexibility index (Phi) is 4.66. The first kappa shape index (κ1) is 12.9. The Morgan fingerprint density at radius 1 is 1.44 bits per heavy atom. The SMILES string of the molecule is O=C(O)CCNC(=O)c1cc(F)ccc1I. The number of hydrogen-bond acceptors (Lipinski definition) is 2. The van der Waals surface area contributed by atoms with Crippen LogP contribution < -0.4 is 5.32 Å². The minimum absolute atomic E-state index is 0.0285. The van der Waals surface area contributed by atoms with Gasteiger partial charge in [-0.3, -0.25) is 9.59 Å². The van der Waals surface area contributed by atoms with E-state index in [0.717, 1.165) is 6.07 Å².